The van der Waals surface area contributed by atoms with Gasteiger partial charge in [0.05, 0.1) is 12.7 Å². The Morgan fingerprint density at radius 1 is 1.53 bits per heavy atom. The lowest BCUT2D eigenvalue weighted by molar-refractivity contribution is -0.000914. The Kier molecular flexibility index (Phi) is 3.69. The summed E-state index contributed by atoms with van der Waals surface area (Å²) in [5.74, 6) is 0.882. The summed E-state index contributed by atoms with van der Waals surface area (Å²) in [4.78, 5) is 0. The van der Waals surface area contributed by atoms with E-state index < -0.39 is 0 Å². The van der Waals surface area contributed by atoms with Crippen LogP contribution in [0.25, 0.3) is 0 Å². The van der Waals surface area contributed by atoms with Crippen LogP contribution in [0.15, 0.2) is 24.3 Å². The number of ether oxygens (including phenoxy) is 2. The molecule has 1 heterocycles. The summed E-state index contributed by atoms with van der Waals surface area (Å²) in [6.45, 7) is 2.95. The van der Waals surface area contributed by atoms with Gasteiger partial charge in [-0.25, -0.2) is 0 Å². The minimum absolute atomic E-state index is 0.0390. The van der Waals surface area contributed by atoms with Crippen LogP contribution in [0.5, 0.6) is 5.75 Å². The van der Waals surface area contributed by atoms with Crippen molar-refractivity contribution in [3.8, 4) is 5.75 Å². The van der Waals surface area contributed by atoms with Crippen LogP contribution in [0.2, 0.25) is 0 Å². The van der Waals surface area contributed by atoms with E-state index in [1.165, 1.54) is 5.56 Å². The Morgan fingerprint density at radius 2 is 2.35 bits per heavy atom. The standard InChI is InChI=1S/C14H21NO2/c1-14(7-4-8-17-14)13(15)10-11-5-3-6-12(9-11)16-2/h3,5-6,9,13H,4,7-8,10,15H2,1-2H3. The van der Waals surface area contributed by atoms with Crippen LogP contribution in [-0.4, -0.2) is 25.4 Å². The van der Waals surface area contributed by atoms with E-state index in [4.69, 9.17) is 15.2 Å². The Hall–Kier alpha value is -1.06. The highest BCUT2D eigenvalue weighted by atomic mass is 16.5. The summed E-state index contributed by atoms with van der Waals surface area (Å²) in [6, 6.07) is 8.11. The van der Waals surface area contributed by atoms with E-state index in [-0.39, 0.29) is 11.6 Å². The monoisotopic (exact) mass is 235 g/mol. The van der Waals surface area contributed by atoms with Gasteiger partial charge >= 0.3 is 0 Å². The molecule has 2 N–H and O–H groups in total. The fourth-order valence-electron chi connectivity index (χ4n) is 2.36. The second-order valence-corrected chi connectivity index (χ2v) is 4.93. The average molecular weight is 235 g/mol. The first-order valence-electron chi connectivity index (χ1n) is 6.16. The van der Waals surface area contributed by atoms with Crippen molar-refractivity contribution < 1.29 is 9.47 Å². The van der Waals surface area contributed by atoms with Crippen molar-refractivity contribution in [3.05, 3.63) is 29.8 Å². The van der Waals surface area contributed by atoms with Crippen LogP contribution in [0.3, 0.4) is 0 Å². The second-order valence-electron chi connectivity index (χ2n) is 4.93. The maximum Gasteiger partial charge on any atom is 0.119 e. The number of benzene rings is 1. The second kappa shape index (κ2) is 5.07. The van der Waals surface area contributed by atoms with Crippen LogP contribution in [0, 0.1) is 0 Å². The summed E-state index contributed by atoms with van der Waals surface area (Å²) >= 11 is 0. The molecule has 1 aliphatic rings. The molecule has 17 heavy (non-hydrogen) atoms. The minimum Gasteiger partial charge on any atom is -0.497 e. The van der Waals surface area contributed by atoms with E-state index in [0.717, 1.165) is 31.6 Å². The highest BCUT2D eigenvalue weighted by Crippen LogP contribution is 2.29. The maximum atomic E-state index is 6.27. The first-order valence-corrected chi connectivity index (χ1v) is 6.16. The minimum atomic E-state index is -0.164. The summed E-state index contributed by atoms with van der Waals surface area (Å²) in [5.41, 5.74) is 7.31. The molecular weight excluding hydrogens is 214 g/mol. The Balaban J connectivity index is 2.04. The molecule has 2 unspecified atom stereocenters. The molecule has 1 aromatic carbocycles. The fraction of sp³-hybridized carbons (Fsp3) is 0.571. The van der Waals surface area contributed by atoms with Gasteiger partial charge in [0, 0.05) is 12.6 Å². The van der Waals surface area contributed by atoms with Crippen LogP contribution in [-0.2, 0) is 11.2 Å². The molecule has 1 saturated heterocycles. The smallest absolute Gasteiger partial charge is 0.119 e. The average Bonchev–Trinajstić information content (AvgIpc) is 2.78. The third kappa shape index (κ3) is 2.79. The molecule has 3 heteroatoms. The first kappa shape index (κ1) is 12.4. The maximum absolute atomic E-state index is 6.27. The van der Waals surface area contributed by atoms with E-state index in [1.807, 2.05) is 18.2 Å². The molecule has 2 atom stereocenters. The van der Waals surface area contributed by atoms with Gasteiger partial charge in [-0.15, -0.1) is 0 Å². The van der Waals surface area contributed by atoms with Gasteiger partial charge in [0.2, 0.25) is 0 Å². The molecule has 0 amide bonds. The highest BCUT2D eigenvalue weighted by molar-refractivity contribution is 5.29. The van der Waals surface area contributed by atoms with Gasteiger partial charge in [0.1, 0.15) is 5.75 Å². The third-order valence-electron chi connectivity index (χ3n) is 3.62. The molecule has 94 valence electrons. The van der Waals surface area contributed by atoms with Crippen molar-refractivity contribution in [2.24, 2.45) is 5.73 Å². The number of rotatable bonds is 4. The zero-order valence-corrected chi connectivity index (χ0v) is 10.6. The van der Waals surface area contributed by atoms with Gasteiger partial charge in [0.15, 0.2) is 0 Å². The molecule has 2 rings (SSSR count). The molecular formula is C14H21NO2. The molecule has 0 aliphatic carbocycles. The predicted octanol–water partition coefficient (Wildman–Crippen LogP) is 2.13. The molecule has 1 aromatic rings. The number of nitrogens with two attached hydrogens (primary N) is 1. The lowest BCUT2D eigenvalue weighted by Gasteiger charge is -2.30. The molecule has 0 saturated carbocycles. The fourth-order valence-corrected chi connectivity index (χ4v) is 2.36. The zero-order chi connectivity index (χ0) is 12.3. The highest BCUT2D eigenvalue weighted by Gasteiger charge is 2.36. The van der Waals surface area contributed by atoms with Crippen LogP contribution >= 0.6 is 0 Å². The van der Waals surface area contributed by atoms with Gasteiger partial charge in [-0.2, -0.15) is 0 Å². The van der Waals surface area contributed by atoms with Crippen LogP contribution in [0.4, 0.5) is 0 Å². The predicted molar refractivity (Wildman–Crippen MR) is 68.3 cm³/mol. The van der Waals surface area contributed by atoms with Gasteiger partial charge < -0.3 is 15.2 Å². The lowest BCUT2D eigenvalue weighted by atomic mass is 9.89. The van der Waals surface area contributed by atoms with E-state index in [0.29, 0.717) is 0 Å². The van der Waals surface area contributed by atoms with Crippen molar-refractivity contribution in [1.82, 2.24) is 0 Å². The van der Waals surface area contributed by atoms with Crippen LogP contribution in [0.1, 0.15) is 25.3 Å². The molecule has 0 radical (unpaired) electrons. The molecule has 0 aromatic heterocycles. The Morgan fingerprint density at radius 3 is 3.00 bits per heavy atom. The van der Waals surface area contributed by atoms with Crippen molar-refractivity contribution in [1.29, 1.82) is 0 Å². The van der Waals surface area contributed by atoms with Crippen molar-refractivity contribution in [2.45, 2.75) is 37.8 Å². The normalized spacial score (nSPS) is 25.8. The van der Waals surface area contributed by atoms with Gasteiger partial charge in [-0.1, -0.05) is 12.1 Å². The zero-order valence-electron chi connectivity index (χ0n) is 10.6. The third-order valence-corrected chi connectivity index (χ3v) is 3.62. The van der Waals surface area contributed by atoms with E-state index in [2.05, 4.69) is 13.0 Å². The largest absolute Gasteiger partial charge is 0.497 e. The van der Waals surface area contributed by atoms with E-state index in [1.54, 1.807) is 7.11 Å². The molecule has 3 nitrogen and oxygen atoms in total. The van der Waals surface area contributed by atoms with E-state index in [9.17, 15) is 0 Å². The van der Waals surface area contributed by atoms with Crippen molar-refractivity contribution in [2.75, 3.05) is 13.7 Å². The summed E-state index contributed by atoms with van der Waals surface area (Å²) in [7, 11) is 1.68. The molecule has 0 bridgehead atoms. The Bertz CT molecular complexity index is 372. The summed E-state index contributed by atoms with van der Waals surface area (Å²) in [5, 5.41) is 0. The topological polar surface area (TPSA) is 44.5 Å². The first-order chi connectivity index (χ1) is 8.14. The van der Waals surface area contributed by atoms with E-state index >= 15 is 0 Å². The number of hydrogen-bond donors (Lipinski definition) is 1. The van der Waals surface area contributed by atoms with Gasteiger partial charge in [0.25, 0.3) is 0 Å². The molecule has 0 spiro atoms. The van der Waals surface area contributed by atoms with Crippen LogP contribution < -0.4 is 10.5 Å². The summed E-state index contributed by atoms with van der Waals surface area (Å²) in [6.07, 6.45) is 2.99. The van der Waals surface area contributed by atoms with Gasteiger partial charge in [-0.3, -0.25) is 0 Å². The summed E-state index contributed by atoms with van der Waals surface area (Å²) < 4.78 is 11.0. The quantitative estimate of drug-likeness (QED) is 0.869. The van der Waals surface area contributed by atoms with Gasteiger partial charge in [-0.05, 0) is 43.9 Å². The lowest BCUT2D eigenvalue weighted by Crippen LogP contribution is -2.46. The molecule has 1 aliphatic heterocycles. The van der Waals surface area contributed by atoms with Crippen molar-refractivity contribution in [3.63, 3.8) is 0 Å². The number of methoxy groups -OCH3 is 1. The molecule has 1 fully saturated rings. The number of hydrogen-bond acceptors (Lipinski definition) is 3. The SMILES string of the molecule is COc1cccc(CC(N)C2(C)CCCO2)c1. The van der Waals surface area contributed by atoms with Crippen molar-refractivity contribution >= 4 is 0 Å². The Labute approximate surface area is 103 Å².